The van der Waals surface area contributed by atoms with Crippen LogP contribution >= 0.6 is 0 Å². The van der Waals surface area contributed by atoms with E-state index in [1.54, 1.807) is 7.11 Å². The molecule has 0 radical (unpaired) electrons. The largest absolute Gasteiger partial charge is 0.495 e. The number of hydrogen-bond donors (Lipinski definition) is 1. The van der Waals surface area contributed by atoms with Gasteiger partial charge in [0.1, 0.15) is 5.75 Å². The van der Waals surface area contributed by atoms with Crippen molar-refractivity contribution in [3.63, 3.8) is 0 Å². The Morgan fingerprint density at radius 1 is 1.38 bits per heavy atom. The van der Waals surface area contributed by atoms with E-state index in [4.69, 9.17) is 4.74 Å². The molecule has 0 spiro atoms. The highest BCUT2D eigenvalue weighted by molar-refractivity contribution is 5.87. The maximum atomic E-state index is 5.42. The number of ether oxygens (including phenoxy) is 1. The summed E-state index contributed by atoms with van der Waals surface area (Å²) < 4.78 is 7.68. The summed E-state index contributed by atoms with van der Waals surface area (Å²) in [5, 5.41) is 4.58. The van der Waals surface area contributed by atoms with Crippen molar-refractivity contribution in [3.8, 4) is 5.75 Å². The van der Waals surface area contributed by atoms with Crippen molar-refractivity contribution in [2.45, 2.75) is 5.92 Å². The zero-order valence-electron chi connectivity index (χ0n) is 9.66. The van der Waals surface area contributed by atoms with Crippen molar-refractivity contribution in [1.82, 2.24) is 9.88 Å². The molecule has 2 heterocycles. The van der Waals surface area contributed by atoms with E-state index in [1.165, 1.54) is 16.6 Å². The molecule has 3 nitrogen and oxygen atoms in total. The molecule has 3 rings (SSSR count). The fourth-order valence-electron chi connectivity index (χ4n) is 2.45. The van der Waals surface area contributed by atoms with Crippen molar-refractivity contribution in [2.24, 2.45) is 7.05 Å². The number of methoxy groups -OCH3 is 1. The molecular formula is C13H16N2O. The Morgan fingerprint density at radius 3 is 2.81 bits per heavy atom. The van der Waals surface area contributed by atoms with Crippen LogP contribution in [0.5, 0.6) is 5.75 Å². The number of fused-ring (bicyclic) bond motifs is 1. The molecule has 1 fully saturated rings. The van der Waals surface area contributed by atoms with Gasteiger partial charge in [-0.2, -0.15) is 0 Å². The zero-order valence-corrected chi connectivity index (χ0v) is 9.66. The third kappa shape index (κ3) is 1.25. The standard InChI is InChI=1S/C13H16N2O/c1-15-11(10-7-14-8-10)6-9-4-3-5-12(16-2)13(9)15/h3-6,10,14H,7-8H2,1-2H3. The van der Waals surface area contributed by atoms with Crippen LogP contribution in [0.4, 0.5) is 0 Å². The van der Waals surface area contributed by atoms with E-state index in [1.807, 2.05) is 12.1 Å². The summed E-state index contributed by atoms with van der Waals surface area (Å²) in [7, 11) is 3.85. The van der Waals surface area contributed by atoms with Gasteiger partial charge >= 0.3 is 0 Å². The van der Waals surface area contributed by atoms with Crippen LogP contribution in [0.15, 0.2) is 24.3 Å². The highest BCUT2D eigenvalue weighted by Crippen LogP contribution is 2.32. The Kier molecular flexibility index (Phi) is 2.14. The van der Waals surface area contributed by atoms with Gasteiger partial charge in [-0.3, -0.25) is 0 Å². The molecule has 0 bridgehead atoms. The fourth-order valence-corrected chi connectivity index (χ4v) is 2.45. The van der Waals surface area contributed by atoms with Crippen LogP contribution in [-0.4, -0.2) is 24.8 Å². The normalized spacial score (nSPS) is 16.4. The number of aryl methyl sites for hydroxylation is 1. The first kappa shape index (κ1) is 9.73. The van der Waals surface area contributed by atoms with E-state index in [0.29, 0.717) is 5.92 Å². The van der Waals surface area contributed by atoms with Crippen LogP contribution in [0, 0.1) is 0 Å². The molecule has 1 aliphatic rings. The number of para-hydroxylation sites is 1. The lowest BCUT2D eigenvalue weighted by atomic mass is 9.99. The molecule has 0 atom stereocenters. The number of nitrogens with one attached hydrogen (secondary N) is 1. The second-order valence-electron chi connectivity index (χ2n) is 4.38. The molecule has 1 N–H and O–H groups in total. The van der Waals surface area contributed by atoms with Crippen molar-refractivity contribution >= 4 is 10.9 Å². The minimum Gasteiger partial charge on any atom is -0.495 e. The van der Waals surface area contributed by atoms with Gasteiger partial charge in [-0.05, 0) is 12.1 Å². The van der Waals surface area contributed by atoms with E-state index >= 15 is 0 Å². The van der Waals surface area contributed by atoms with Crippen LogP contribution in [0.3, 0.4) is 0 Å². The monoisotopic (exact) mass is 216 g/mol. The Balaban J connectivity index is 2.21. The summed E-state index contributed by atoms with van der Waals surface area (Å²) in [4.78, 5) is 0. The van der Waals surface area contributed by atoms with Crippen molar-refractivity contribution in [3.05, 3.63) is 30.0 Å². The summed E-state index contributed by atoms with van der Waals surface area (Å²) in [6, 6.07) is 8.49. The molecule has 16 heavy (non-hydrogen) atoms. The van der Waals surface area contributed by atoms with Gasteiger partial charge in [0.2, 0.25) is 0 Å². The topological polar surface area (TPSA) is 26.2 Å². The molecule has 0 amide bonds. The molecule has 1 saturated heterocycles. The van der Waals surface area contributed by atoms with Gasteiger partial charge in [0.25, 0.3) is 0 Å². The van der Waals surface area contributed by atoms with Gasteiger partial charge in [-0.1, -0.05) is 12.1 Å². The fraction of sp³-hybridized carbons (Fsp3) is 0.385. The minimum absolute atomic E-state index is 0.655. The lowest BCUT2D eigenvalue weighted by molar-refractivity contribution is 0.414. The molecular weight excluding hydrogens is 200 g/mol. The van der Waals surface area contributed by atoms with Crippen LogP contribution in [0.2, 0.25) is 0 Å². The quantitative estimate of drug-likeness (QED) is 0.829. The van der Waals surface area contributed by atoms with Gasteiger partial charge in [-0.15, -0.1) is 0 Å². The molecule has 84 valence electrons. The van der Waals surface area contributed by atoms with Crippen LogP contribution in [0.1, 0.15) is 11.6 Å². The van der Waals surface area contributed by atoms with Crippen molar-refractivity contribution < 1.29 is 4.74 Å². The Bertz CT molecular complexity index is 526. The summed E-state index contributed by atoms with van der Waals surface area (Å²) in [6.07, 6.45) is 0. The van der Waals surface area contributed by atoms with Crippen LogP contribution in [-0.2, 0) is 7.05 Å². The van der Waals surface area contributed by atoms with E-state index in [2.05, 4.69) is 29.1 Å². The average molecular weight is 216 g/mol. The average Bonchev–Trinajstić information content (AvgIpc) is 2.54. The number of aromatic nitrogens is 1. The number of nitrogens with zero attached hydrogens (tertiary/aromatic N) is 1. The summed E-state index contributed by atoms with van der Waals surface area (Å²) in [5.74, 6) is 1.61. The zero-order chi connectivity index (χ0) is 11.1. The van der Waals surface area contributed by atoms with Gasteiger partial charge in [0.05, 0.1) is 12.6 Å². The number of benzene rings is 1. The van der Waals surface area contributed by atoms with Gasteiger partial charge in [0, 0.05) is 37.1 Å². The maximum Gasteiger partial charge on any atom is 0.143 e. The van der Waals surface area contributed by atoms with E-state index < -0.39 is 0 Å². The van der Waals surface area contributed by atoms with Gasteiger partial charge < -0.3 is 14.6 Å². The van der Waals surface area contributed by atoms with Crippen LogP contribution in [0.25, 0.3) is 10.9 Å². The Hall–Kier alpha value is -1.48. The molecule has 3 heteroatoms. The minimum atomic E-state index is 0.655. The van der Waals surface area contributed by atoms with E-state index in [-0.39, 0.29) is 0 Å². The van der Waals surface area contributed by atoms with Gasteiger partial charge in [-0.25, -0.2) is 0 Å². The first-order chi connectivity index (χ1) is 7.81. The van der Waals surface area contributed by atoms with E-state index in [9.17, 15) is 0 Å². The first-order valence-corrected chi connectivity index (χ1v) is 5.64. The van der Waals surface area contributed by atoms with Gasteiger partial charge in [0.15, 0.2) is 0 Å². The third-order valence-electron chi connectivity index (χ3n) is 3.48. The van der Waals surface area contributed by atoms with E-state index in [0.717, 1.165) is 18.8 Å². The predicted octanol–water partition coefficient (Wildman–Crippen LogP) is 1.87. The number of hydrogen-bond acceptors (Lipinski definition) is 2. The summed E-state index contributed by atoms with van der Waals surface area (Å²) in [6.45, 7) is 2.18. The molecule has 2 aromatic rings. The molecule has 1 aromatic heterocycles. The first-order valence-electron chi connectivity index (χ1n) is 5.64. The molecule has 0 saturated carbocycles. The lowest BCUT2D eigenvalue weighted by Gasteiger charge is -2.27. The molecule has 1 aromatic carbocycles. The van der Waals surface area contributed by atoms with Crippen LogP contribution < -0.4 is 10.1 Å². The third-order valence-corrected chi connectivity index (χ3v) is 3.48. The molecule has 0 aliphatic carbocycles. The highest BCUT2D eigenvalue weighted by atomic mass is 16.5. The smallest absolute Gasteiger partial charge is 0.143 e. The second-order valence-corrected chi connectivity index (χ2v) is 4.38. The molecule has 0 unspecified atom stereocenters. The van der Waals surface area contributed by atoms with Crippen molar-refractivity contribution in [1.29, 1.82) is 0 Å². The molecule has 1 aliphatic heterocycles. The second kappa shape index (κ2) is 3.52. The lowest BCUT2D eigenvalue weighted by Crippen LogP contribution is -2.40. The summed E-state index contributed by atoms with van der Waals surface area (Å²) >= 11 is 0. The highest BCUT2D eigenvalue weighted by Gasteiger charge is 2.23. The maximum absolute atomic E-state index is 5.42. The summed E-state index contributed by atoms with van der Waals surface area (Å²) in [5.41, 5.74) is 2.60. The predicted molar refractivity (Wildman–Crippen MR) is 65.1 cm³/mol. The SMILES string of the molecule is COc1cccc2cc(C3CNC3)n(C)c12. The van der Waals surface area contributed by atoms with Crippen molar-refractivity contribution in [2.75, 3.05) is 20.2 Å². The Morgan fingerprint density at radius 2 is 2.19 bits per heavy atom. The Labute approximate surface area is 95.0 Å². The number of rotatable bonds is 2.